The Balaban J connectivity index is 1.66. The van der Waals surface area contributed by atoms with Crippen molar-refractivity contribution < 1.29 is 4.79 Å². The number of hydrogen-bond acceptors (Lipinski definition) is 3. The molecule has 2 aromatic carbocycles. The number of hydrogen-bond donors (Lipinski definition) is 3. The average molecular weight is 292 g/mol. The number of rotatable bonds is 2. The van der Waals surface area contributed by atoms with Gasteiger partial charge in [0, 0.05) is 24.3 Å². The number of fused-ring (bicyclic) bond motifs is 1. The van der Waals surface area contributed by atoms with E-state index < -0.39 is 0 Å². The molecule has 1 aliphatic heterocycles. The van der Waals surface area contributed by atoms with Gasteiger partial charge in [-0.15, -0.1) is 0 Å². The highest BCUT2D eigenvalue weighted by Crippen LogP contribution is 2.29. The predicted octanol–water partition coefficient (Wildman–Crippen LogP) is 2.42. The van der Waals surface area contributed by atoms with E-state index in [0.717, 1.165) is 28.6 Å². The van der Waals surface area contributed by atoms with E-state index in [2.05, 4.69) is 45.8 Å². The van der Waals surface area contributed by atoms with E-state index in [1.54, 1.807) is 0 Å². The Morgan fingerprint density at radius 3 is 2.59 bits per heavy atom. The van der Waals surface area contributed by atoms with Crippen LogP contribution in [0.3, 0.4) is 0 Å². The third-order valence-corrected chi connectivity index (χ3v) is 4.29. The van der Waals surface area contributed by atoms with E-state index in [9.17, 15) is 4.79 Å². The fraction of sp³-hybridized carbons (Fsp3) is 0.176. The molecule has 1 saturated heterocycles. The largest absolute Gasteiger partial charge is 0.382 e. The molecule has 0 radical (unpaired) electrons. The normalized spacial score (nSPS) is 17.8. The summed E-state index contributed by atoms with van der Waals surface area (Å²) >= 11 is 0. The summed E-state index contributed by atoms with van der Waals surface area (Å²) in [6.45, 7) is 0.732. The molecule has 0 bridgehead atoms. The van der Waals surface area contributed by atoms with Crippen LogP contribution in [0.1, 0.15) is 17.9 Å². The van der Waals surface area contributed by atoms with Crippen molar-refractivity contribution in [3.05, 3.63) is 48.0 Å². The molecular weight excluding hydrogens is 276 g/mol. The average Bonchev–Trinajstić information content (AvgIpc) is 3.14. The number of nitrogen functional groups attached to an aromatic ring is 1. The van der Waals surface area contributed by atoms with Gasteiger partial charge in [-0.2, -0.15) is 5.10 Å². The first-order valence-electron chi connectivity index (χ1n) is 7.31. The van der Waals surface area contributed by atoms with E-state index in [4.69, 9.17) is 5.73 Å². The molecule has 0 saturated carbocycles. The maximum atomic E-state index is 11.3. The van der Waals surface area contributed by atoms with Crippen molar-refractivity contribution in [2.45, 2.75) is 12.3 Å². The summed E-state index contributed by atoms with van der Waals surface area (Å²) in [6, 6.07) is 14.5. The zero-order valence-electron chi connectivity index (χ0n) is 12.0. The molecule has 4 rings (SSSR count). The van der Waals surface area contributed by atoms with Crippen molar-refractivity contribution in [3.63, 3.8) is 0 Å². The van der Waals surface area contributed by atoms with E-state index in [0.29, 0.717) is 12.2 Å². The second-order valence-electron chi connectivity index (χ2n) is 5.70. The lowest BCUT2D eigenvalue weighted by Gasteiger charge is -2.09. The number of carbonyl (C=O) groups excluding carboxylic acids is 1. The van der Waals surface area contributed by atoms with Crippen molar-refractivity contribution in [1.82, 2.24) is 15.5 Å². The van der Waals surface area contributed by atoms with E-state index in [-0.39, 0.29) is 11.8 Å². The third-order valence-electron chi connectivity index (χ3n) is 4.29. The Kier molecular flexibility index (Phi) is 2.85. The van der Waals surface area contributed by atoms with E-state index >= 15 is 0 Å². The number of aromatic nitrogens is 2. The summed E-state index contributed by atoms with van der Waals surface area (Å²) in [5.74, 6) is 0.938. The van der Waals surface area contributed by atoms with Crippen LogP contribution in [0.15, 0.2) is 42.5 Å². The number of nitrogens with zero attached hydrogens (tertiary/aromatic N) is 1. The number of nitrogens with one attached hydrogen (secondary N) is 2. The van der Waals surface area contributed by atoms with Gasteiger partial charge in [-0.3, -0.25) is 9.89 Å². The molecule has 1 amide bonds. The Morgan fingerprint density at radius 1 is 1.09 bits per heavy atom. The van der Waals surface area contributed by atoms with Crippen molar-refractivity contribution in [1.29, 1.82) is 0 Å². The molecule has 22 heavy (non-hydrogen) atoms. The summed E-state index contributed by atoms with van der Waals surface area (Å²) in [4.78, 5) is 11.3. The minimum absolute atomic E-state index is 0.134. The van der Waals surface area contributed by atoms with Crippen molar-refractivity contribution in [2.24, 2.45) is 0 Å². The lowest BCUT2D eigenvalue weighted by atomic mass is 9.95. The SMILES string of the molecule is Nc1n[nH]c2ccc(-c3ccc(C4CNC(=O)C4)cc3)cc12. The number of anilines is 1. The van der Waals surface area contributed by atoms with Gasteiger partial charge in [0.2, 0.25) is 5.91 Å². The fourth-order valence-corrected chi connectivity index (χ4v) is 3.00. The lowest BCUT2D eigenvalue weighted by molar-refractivity contribution is -0.119. The number of H-pyrrole nitrogens is 1. The van der Waals surface area contributed by atoms with Gasteiger partial charge < -0.3 is 11.1 Å². The smallest absolute Gasteiger partial charge is 0.220 e. The molecule has 0 aliphatic carbocycles. The van der Waals surface area contributed by atoms with Gasteiger partial charge in [0.25, 0.3) is 0 Å². The fourth-order valence-electron chi connectivity index (χ4n) is 3.00. The minimum atomic E-state index is 0.134. The monoisotopic (exact) mass is 292 g/mol. The Morgan fingerprint density at radius 2 is 1.86 bits per heavy atom. The lowest BCUT2D eigenvalue weighted by Crippen LogP contribution is -2.13. The van der Waals surface area contributed by atoms with Crippen LogP contribution < -0.4 is 11.1 Å². The second-order valence-corrected chi connectivity index (χ2v) is 5.70. The van der Waals surface area contributed by atoms with Gasteiger partial charge in [-0.25, -0.2) is 0 Å². The van der Waals surface area contributed by atoms with Crippen LogP contribution in [-0.2, 0) is 4.79 Å². The first kappa shape index (κ1) is 12.9. The molecule has 5 heteroatoms. The van der Waals surface area contributed by atoms with Gasteiger partial charge in [0.05, 0.1) is 5.52 Å². The molecule has 1 aliphatic rings. The molecule has 110 valence electrons. The summed E-state index contributed by atoms with van der Waals surface area (Å²) < 4.78 is 0. The van der Waals surface area contributed by atoms with Crippen molar-refractivity contribution in [2.75, 3.05) is 12.3 Å². The molecule has 5 nitrogen and oxygen atoms in total. The molecule has 1 atom stereocenters. The Labute approximate surface area is 127 Å². The van der Waals surface area contributed by atoms with Crippen LogP contribution in [0.25, 0.3) is 22.0 Å². The number of carbonyl (C=O) groups is 1. The van der Waals surface area contributed by atoms with Crippen LogP contribution >= 0.6 is 0 Å². The number of benzene rings is 2. The number of aromatic amines is 1. The zero-order valence-corrected chi connectivity index (χ0v) is 12.0. The summed E-state index contributed by atoms with van der Waals surface area (Å²) in [5.41, 5.74) is 10.2. The van der Waals surface area contributed by atoms with Gasteiger partial charge in [-0.05, 0) is 28.8 Å². The van der Waals surface area contributed by atoms with Gasteiger partial charge in [0.1, 0.15) is 0 Å². The number of amides is 1. The van der Waals surface area contributed by atoms with E-state index in [1.165, 1.54) is 5.56 Å². The molecule has 1 aromatic heterocycles. The highest BCUT2D eigenvalue weighted by molar-refractivity contribution is 5.92. The topological polar surface area (TPSA) is 83.8 Å². The molecule has 1 fully saturated rings. The summed E-state index contributed by atoms with van der Waals surface area (Å²) in [7, 11) is 0. The standard InChI is InChI=1S/C17H16N4O/c18-17-14-7-12(5-6-15(14)20-21-17)10-1-3-11(4-2-10)13-8-16(22)19-9-13/h1-7,13H,8-9H2,(H,19,22)(H3,18,20,21). The first-order valence-corrected chi connectivity index (χ1v) is 7.31. The Hall–Kier alpha value is -2.82. The molecule has 4 N–H and O–H groups in total. The van der Waals surface area contributed by atoms with Crippen molar-refractivity contribution in [3.8, 4) is 11.1 Å². The second kappa shape index (κ2) is 4.87. The van der Waals surface area contributed by atoms with Crippen LogP contribution in [0.4, 0.5) is 5.82 Å². The highest BCUT2D eigenvalue weighted by Gasteiger charge is 2.22. The van der Waals surface area contributed by atoms with Crippen LogP contribution in [-0.4, -0.2) is 22.6 Å². The molecular formula is C17H16N4O. The molecule has 0 spiro atoms. The van der Waals surface area contributed by atoms with Crippen molar-refractivity contribution >= 4 is 22.6 Å². The third kappa shape index (κ3) is 2.11. The van der Waals surface area contributed by atoms with E-state index in [1.807, 2.05) is 12.1 Å². The van der Waals surface area contributed by atoms with Crippen LogP contribution in [0.2, 0.25) is 0 Å². The van der Waals surface area contributed by atoms with Gasteiger partial charge in [0.15, 0.2) is 5.82 Å². The first-order chi connectivity index (χ1) is 10.7. The quantitative estimate of drug-likeness (QED) is 0.678. The maximum Gasteiger partial charge on any atom is 0.220 e. The molecule has 2 heterocycles. The highest BCUT2D eigenvalue weighted by atomic mass is 16.1. The molecule has 1 unspecified atom stereocenters. The number of nitrogens with two attached hydrogens (primary N) is 1. The van der Waals surface area contributed by atoms with Crippen LogP contribution in [0, 0.1) is 0 Å². The van der Waals surface area contributed by atoms with Gasteiger partial charge in [-0.1, -0.05) is 30.3 Å². The minimum Gasteiger partial charge on any atom is -0.382 e. The predicted molar refractivity (Wildman–Crippen MR) is 86.3 cm³/mol. The zero-order chi connectivity index (χ0) is 15.1. The van der Waals surface area contributed by atoms with Crippen LogP contribution in [0.5, 0.6) is 0 Å². The molecule has 3 aromatic rings. The summed E-state index contributed by atoms with van der Waals surface area (Å²) in [5, 5.41) is 10.7. The Bertz CT molecular complexity index is 851. The van der Waals surface area contributed by atoms with Gasteiger partial charge >= 0.3 is 0 Å². The summed E-state index contributed by atoms with van der Waals surface area (Å²) in [6.07, 6.45) is 0.580. The maximum absolute atomic E-state index is 11.3.